The van der Waals surface area contributed by atoms with Gasteiger partial charge >= 0.3 is 0 Å². The van der Waals surface area contributed by atoms with Gasteiger partial charge in [0.2, 0.25) is 0 Å². The van der Waals surface area contributed by atoms with Gasteiger partial charge in [0, 0.05) is 16.1 Å². The van der Waals surface area contributed by atoms with Crippen LogP contribution in [0.15, 0.2) is 42.5 Å². The number of benzene rings is 2. The molecule has 0 aromatic heterocycles. The highest BCUT2D eigenvalue weighted by atomic mass is 35.5. The molecule has 20 heavy (non-hydrogen) atoms. The minimum Gasteiger partial charge on any atom is -0.310 e. The molecule has 0 amide bonds. The van der Waals surface area contributed by atoms with E-state index in [9.17, 15) is 0 Å². The maximum Gasteiger partial charge on any atom is 0.0441 e. The van der Waals surface area contributed by atoms with Crippen LogP contribution in [0.4, 0.5) is 0 Å². The Bertz CT molecular complexity index is 564. The molecule has 0 saturated carbocycles. The van der Waals surface area contributed by atoms with Crippen LogP contribution in [0.3, 0.4) is 0 Å². The van der Waals surface area contributed by atoms with E-state index in [0.29, 0.717) is 0 Å². The SMILES string of the molecule is CCNC(Cc1ccc(C)cc1Cl)c1ccc(Cl)cc1. The quantitative estimate of drug-likeness (QED) is 0.801. The van der Waals surface area contributed by atoms with Gasteiger partial charge in [0.05, 0.1) is 0 Å². The molecule has 0 aliphatic rings. The fourth-order valence-corrected chi connectivity index (χ4v) is 2.73. The van der Waals surface area contributed by atoms with Crippen LogP contribution < -0.4 is 5.32 Å². The monoisotopic (exact) mass is 307 g/mol. The van der Waals surface area contributed by atoms with E-state index in [1.54, 1.807) is 0 Å². The third-order valence-electron chi connectivity index (χ3n) is 3.36. The molecule has 0 fully saturated rings. The maximum absolute atomic E-state index is 6.34. The lowest BCUT2D eigenvalue weighted by Crippen LogP contribution is -2.23. The van der Waals surface area contributed by atoms with Crippen LogP contribution >= 0.6 is 23.2 Å². The van der Waals surface area contributed by atoms with Crippen molar-refractivity contribution >= 4 is 23.2 Å². The first-order valence-electron chi connectivity index (χ1n) is 6.84. The number of hydrogen-bond donors (Lipinski definition) is 1. The van der Waals surface area contributed by atoms with E-state index < -0.39 is 0 Å². The number of halogens is 2. The summed E-state index contributed by atoms with van der Waals surface area (Å²) in [6.45, 7) is 5.08. The van der Waals surface area contributed by atoms with Crippen molar-refractivity contribution in [3.8, 4) is 0 Å². The Kier molecular flexibility index (Phi) is 5.47. The van der Waals surface area contributed by atoms with Gasteiger partial charge in [-0.3, -0.25) is 0 Å². The Morgan fingerprint density at radius 3 is 2.35 bits per heavy atom. The Labute approximate surface area is 130 Å². The van der Waals surface area contributed by atoms with E-state index in [4.69, 9.17) is 23.2 Å². The number of rotatable bonds is 5. The van der Waals surface area contributed by atoms with Gasteiger partial charge in [-0.1, -0.05) is 54.4 Å². The average Bonchev–Trinajstić information content (AvgIpc) is 2.42. The predicted molar refractivity (Wildman–Crippen MR) is 87.8 cm³/mol. The first-order valence-corrected chi connectivity index (χ1v) is 7.59. The highest BCUT2D eigenvalue weighted by Gasteiger charge is 2.13. The summed E-state index contributed by atoms with van der Waals surface area (Å²) in [4.78, 5) is 0. The molecule has 1 N–H and O–H groups in total. The molecular weight excluding hydrogens is 289 g/mol. The van der Waals surface area contributed by atoms with Crippen LogP contribution in [-0.2, 0) is 6.42 Å². The topological polar surface area (TPSA) is 12.0 Å². The molecule has 3 heteroatoms. The van der Waals surface area contributed by atoms with E-state index >= 15 is 0 Å². The standard InChI is InChI=1S/C17H19Cl2N/c1-3-20-17(13-6-8-15(18)9-7-13)11-14-5-4-12(2)10-16(14)19/h4-10,17,20H,3,11H2,1-2H3. The van der Waals surface area contributed by atoms with Crippen molar-refractivity contribution in [2.45, 2.75) is 26.3 Å². The summed E-state index contributed by atoms with van der Waals surface area (Å²) >= 11 is 12.3. The maximum atomic E-state index is 6.34. The van der Waals surface area contributed by atoms with Crippen molar-refractivity contribution in [3.05, 3.63) is 69.2 Å². The molecular formula is C17H19Cl2N. The highest BCUT2D eigenvalue weighted by Crippen LogP contribution is 2.25. The van der Waals surface area contributed by atoms with Crippen LogP contribution in [0.5, 0.6) is 0 Å². The predicted octanol–water partition coefficient (Wildman–Crippen LogP) is 5.20. The summed E-state index contributed by atoms with van der Waals surface area (Å²) in [5.41, 5.74) is 3.58. The lowest BCUT2D eigenvalue weighted by molar-refractivity contribution is 0.550. The van der Waals surface area contributed by atoms with E-state index in [2.05, 4.69) is 43.4 Å². The zero-order chi connectivity index (χ0) is 14.5. The van der Waals surface area contributed by atoms with Gasteiger partial charge in [0.15, 0.2) is 0 Å². The summed E-state index contributed by atoms with van der Waals surface area (Å²) in [6, 6.07) is 14.5. The molecule has 1 unspecified atom stereocenters. The Balaban J connectivity index is 2.22. The Morgan fingerprint density at radius 2 is 1.75 bits per heavy atom. The Hall–Kier alpha value is -1.02. The molecule has 0 radical (unpaired) electrons. The third kappa shape index (κ3) is 3.99. The summed E-state index contributed by atoms with van der Waals surface area (Å²) in [7, 11) is 0. The van der Waals surface area contributed by atoms with Crippen molar-refractivity contribution in [3.63, 3.8) is 0 Å². The lowest BCUT2D eigenvalue weighted by Gasteiger charge is -2.19. The molecule has 2 rings (SSSR count). The van der Waals surface area contributed by atoms with E-state index in [1.807, 2.05) is 18.2 Å². The molecule has 0 aliphatic heterocycles. The second-order valence-corrected chi connectivity index (χ2v) is 5.80. The number of likely N-dealkylation sites (N-methyl/N-ethyl adjacent to an activating group) is 1. The zero-order valence-corrected chi connectivity index (χ0v) is 13.3. The molecule has 106 valence electrons. The molecule has 0 bridgehead atoms. The molecule has 2 aromatic carbocycles. The normalized spacial score (nSPS) is 12.4. The van der Waals surface area contributed by atoms with Crippen LogP contribution in [0, 0.1) is 6.92 Å². The van der Waals surface area contributed by atoms with Crippen LogP contribution in [-0.4, -0.2) is 6.54 Å². The van der Waals surface area contributed by atoms with Crippen LogP contribution in [0.2, 0.25) is 10.0 Å². The molecule has 0 aliphatic carbocycles. The summed E-state index contributed by atoms with van der Waals surface area (Å²) in [5, 5.41) is 5.10. The van der Waals surface area contributed by atoms with E-state index in [1.165, 1.54) is 11.1 Å². The van der Waals surface area contributed by atoms with Crippen LogP contribution in [0.1, 0.15) is 29.7 Å². The summed E-state index contributed by atoms with van der Waals surface area (Å²) in [6.07, 6.45) is 0.870. The van der Waals surface area contributed by atoms with Gasteiger partial charge in [-0.2, -0.15) is 0 Å². The number of aryl methyl sites for hydroxylation is 1. The smallest absolute Gasteiger partial charge is 0.0441 e. The minimum absolute atomic E-state index is 0.248. The van der Waals surface area contributed by atoms with E-state index in [0.717, 1.165) is 28.6 Å². The van der Waals surface area contributed by atoms with E-state index in [-0.39, 0.29) is 6.04 Å². The van der Waals surface area contributed by atoms with Crippen molar-refractivity contribution < 1.29 is 0 Å². The first-order chi connectivity index (χ1) is 9.60. The summed E-state index contributed by atoms with van der Waals surface area (Å²) in [5.74, 6) is 0. The second-order valence-electron chi connectivity index (χ2n) is 4.96. The van der Waals surface area contributed by atoms with Gasteiger partial charge in [-0.05, 0) is 54.8 Å². The minimum atomic E-state index is 0.248. The fourth-order valence-electron chi connectivity index (χ4n) is 2.29. The van der Waals surface area contributed by atoms with Crippen LogP contribution in [0.25, 0.3) is 0 Å². The molecule has 2 aromatic rings. The molecule has 0 heterocycles. The highest BCUT2D eigenvalue weighted by molar-refractivity contribution is 6.31. The third-order valence-corrected chi connectivity index (χ3v) is 3.96. The second kappa shape index (κ2) is 7.12. The average molecular weight is 308 g/mol. The number of hydrogen-bond acceptors (Lipinski definition) is 1. The molecule has 1 nitrogen and oxygen atoms in total. The fraction of sp³-hybridized carbons (Fsp3) is 0.294. The van der Waals surface area contributed by atoms with Crippen molar-refractivity contribution in [2.75, 3.05) is 6.54 Å². The van der Waals surface area contributed by atoms with Crippen molar-refractivity contribution in [2.24, 2.45) is 0 Å². The summed E-state index contributed by atoms with van der Waals surface area (Å²) < 4.78 is 0. The molecule has 0 saturated heterocycles. The Morgan fingerprint density at radius 1 is 1.05 bits per heavy atom. The zero-order valence-electron chi connectivity index (χ0n) is 11.8. The van der Waals surface area contributed by atoms with Crippen molar-refractivity contribution in [1.29, 1.82) is 0 Å². The van der Waals surface area contributed by atoms with Gasteiger partial charge in [0.25, 0.3) is 0 Å². The van der Waals surface area contributed by atoms with Gasteiger partial charge in [-0.15, -0.1) is 0 Å². The molecule has 1 atom stereocenters. The first kappa shape index (κ1) is 15.4. The van der Waals surface area contributed by atoms with Gasteiger partial charge < -0.3 is 5.32 Å². The lowest BCUT2D eigenvalue weighted by atomic mass is 9.98. The van der Waals surface area contributed by atoms with Gasteiger partial charge in [-0.25, -0.2) is 0 Å². The van der Waals surface area contributed by atoms with Crippen molar-refractivity contribution in [1.82, 2.24) is 5.32 Å². The molecule has 0 spiro atoms. The van der Waals surface area contributed by atoms with Gasteiger partial charge in [0.1, 0.15) is 0 Å². The largest absolute Gasteiger partial charge is 0.310 e. The number of nitrogens with one attached hydrogen (secondary N) is 1.